The van der Waals surface area contributed by atoms with Gasteiger partial charge in [-0.2, -0.15) is 41.4 Å². The summed E-state index contributed by atoms with van der Waals surface area (Å²) in [5.41, 5.74) is -2.78. The van der Waals surface area contributed by atoms with Gasteiger partial charge in [-0.1, -0.05) is 17.2 Å². The van der Waals surface area contributed by atoms with Gasteiger partial charge in [0.15, 0.2) is 29.0 Å². The number of hydrogen-bond donors (Lipinski definition) is 0. The van der Waals surface area contributed by atoms with Crippen LogP contribution in [0.3, 0.4) is 0 Å². The smallest absolute Gasteiger partial charge is 0.419 e. The van der Waals surface area contributed by atoms with Crippen molar-refractivity contribution in [3.8, 4) is 23.5 Å². The molecule has 0 radical (unpaired) electrons. The van der Waals surface area contributed by atoms with Gasteiger partial charge >= 0.3 is 30.4 Å². The number of fused-ring (bicyclic) bond motifs is 2. The van der Waals surface area contributed by atoms with E-state index in [9.17, 15) is 35.1 Å². The zero-order valence-corrected chi connectivity index (χ0v) is 32.1. The Morgan fingerprint density at radius 1 is 0.768 bits per heavy atom. The monoisotopic (exact) mass is 861 g/mol. The van der Waals surface area contributed by atoms with Crippen LogP contribution in [-0.2, 0) is 18.8 Å². The third kappa shape index (κ3) is 8.91. The minimum absolute atomic E-state index is 0.0284. The summed E-state index contributed by atoms with van der Waals surface area (Å²) in [7, 11) is 0. The number of aryl methyl sites for hydroxylation is 1. The van der Waals surface area contributed by atoms with Crippen molar-refractivity contribution in [1.82, 2.24) is 39.7 Å². The Hall–Kier alpha value is -4.82. The Morgan fingerprint density at radius 3 is 1.73 bits per heavy atom. The predicted octanol–water partition coefficient (Wildman–Crippen LogP) is 9.78. The summed E-state index contributed by atoms with van der Waals surface area (Å²) in [6, 6.07) is 5.81. The third-order valence-corrected chi connectivity index (χ3v) is 9.71. The largest absolute Gasteiger partial charge is 0.421 e. The van der Waals surface area contributed by atoms with Gasteiger partial charge < -0.3 is 18.8 Å². The first kappa shape index (κ1) is 40.8. The van der Waals surface area contributed by atoms with Crippen molar-refractivity contribution in [2.45, 2.75) is 78.3 Å². The van der Waals surface area contributed by atoms with Gasteiger partial charge in [-0.25, -0.2) is 18.1 Å². The van der Waals surface area contributed by atoms with Gasteiger partial charge in [0, 0.05) is 26.4 Å². The van der Waals surface area contributed by atoms with Crippen molar-refractivity contribution in [1.29, 1.82) is 0 Å². The second-order valence-corrected chi connectivity index (χ2v) is 14.7. The molecule has 12 nitrogen and oxygen atoms in total. The average Bonchev–Trinajstić information content (AvgIpc) is 3.87. The first-order valence-corrected chi connectivity index (χ1v) is 18.3. The Balaban J connectivity index is 0.000000217. The van der Waals surface area contributed by atoms with Crippen LogP contribution in [-0.4, -0.2) is 52.8 Å². The molecule has 0 amide bonds. The Kier molecular flexibility index (Phi) is 11.6. The molecular weight excluding hydrogens is 826 g/mol. The fourth-order valence-corrected chi connectivity index (χ4v) is 7.12. The number of alkyl halides is 6. The SMILES string of the molecule is CC(C)n1nc(Br)nc1Oc1cccc(C(F)(F)F)c1F.Cc1nnc(N2C[C@H]3CC[C@@H](C2)C3Cc2nc(Oc3cccc(C(F)(F)F)c3F)n(C(C)C)n2)o1. The highest BCUT2D eigenvalue weighted by atomic mass is 79.9. The molecule has 1 saturated heterocycles. The van der Waals surface area contributed by atoms with Gasteiger partial charge in [0.2, 0.25) is 10.6 Å². The third-order valence-electron chi connectivity index (χ3n) is 9.37. The molecule has 1 saturated carbocycles. The van der Waals surface area contributed by atoms with Crippen molar-refractivity contribution in [2.24, 2.45) is 17.8 Å². The van der Waals surface area contributed by atoms with Crippen molar-refractivity contribution >= 4 is 21.9 Å². The van der Waals surface area contributed by atoms with Crippen LogP contribution in [0.5, 0.6) is 23.5 Å². The van der Waals surface area contributed by atoms with Crippen molar-refractivity contribution in [3.05, 3.63) is 75.6 Å². The van der Waals surface area contributed by atoms with E-state index in [1.807, 2.05) is 13.8 Å². The lowest BCUT2D eigenvalue weighted by molar-refractivity contribution is -0.141. The van der Waals surface area contributed by atoms with E-state index in [0.29, 0.717) is 54.0 Å². The van der Waals surface area contributed by atoms with Crippen LogP contribution in [0, 0.1) is 36.3 Å². The highest BCUT2D eigenvalue weighted by molar-refractivity contribution is 9.10. The number of piperidine rings is 1. The second kappa shape index (κ2) is 16.0. The van der Waals surface area contributed by atoms with Gasteiger partial charge in [0.05, 0.1) is 23.2 Å². The van der Waals surface area contributed by atoms with E-state index in [2.05, 4.69) is 51.2 Å². The van der Waals surface area contributed by atoms with Crippen molar-refractivity contribution in [2.75, 3.05) is 18.0 Å². The van der Waals surface area contributed by atoms with Gasteiger partial charge in [-0.3, -0.25) is 0 Å². The van der Waals surface area contributed by atoms with Crippen LogP contribution in [0.25, 0.3) is 0 Å². The summed E-state index contributed by atoms with van der Waals surface area (Å²) in [5, 5.41) is 16.6. The van der Waals surface area contributed by atoms with Gasteiger partial charge in [-0.05, 0) is 98.5 Å². The van der Waals surface area contributed by atoms with Crippen LogP contribution < -0.4 is 14.4 Å². The topological polar surface area (TPSA) is 122 Å². The Bertz CT molecular complexity index is 2140. The maximum atomic E-state index is 14.5. The number of hydrogen-bond acceptors (Lipinski definition) is 10. The molecule has 1 unspecified atom stereocenters. The molecule has 7 rings (SSSR count). The van der Waals surface area contributed by atoms with Crippen LogP contribution in [0.4, 0.5) is 41.1 Å². The quantitative estimate of drug-likeness (QED) is 0.132. The molecule has 302 valence electrons. The zero-order chi connectivity index (χ0) is 40.7. The number of ether oxygens (including phenoxy) is 2. The van der Waals surface area contributed by atoms with Crippen LogP contribution >= 0.6 is 15.9 Å². The number of halogens is 9. The molecule has 2 aromatic carbocycles. The molecule has 5 aromatic rings. The van der Waals surface area contributed by atoms with Crippen LogP contribution in [0.2, 0.25) is 0 Å². The first-order valence-electron chi connectivity index (χ1n) is 17.5. The summed E-state index contributed by atoms with van der Waals surface area (Å²) in [6.45, 7) is 10.6. The summed E-state index contributed by atoms with van der Waals surface area (Å²) < 4.78 is 125. The summed E-state index contributed by atoms with van der Waals surface area (Å²) >= 11 is 3.03. The van der Waals surface area contributed by atoms with E-state index in [-0.39, 0.29) is 28.8 Å². The minimum Gasteiger partial charge on any atom is -0.421 e. The Morgan fingerprint density at radius 2 is 1.27 bits per heavy atom. The normalized spacial score (nSPS) is 18.4. The maximum Gasteiger partial charge on any atom is 0.419 e. The average molecular weight is 863 g/mol. The minimum atomic E-state index is -4.82. The van der Waals surface area contributed by atoms with Crippen LogP contribution in [0.15, 0.2) is 45.5 Å². The molecule has 0 spiro atoms. The van der Waals surface area contributed by atoms with E-state index >= 15 is 0 Å². The zero-order valence-electron chi connectivity index (χ0n) is 30.5. The fourth-order valence-electron chi connectivity index (χ4n) is 6.80. The second-order valence-electron chi connectivity index (χ2n) is 14.0. The highest BCUT2D eigenvalue weighted by Crippen LogP contribution is 2.45. The number of nitrogens with zero attached hydrogens (tertiary/aromatic N) is 9. The van der Waals surface area contributed by atoms with Gasteiger partial charge in [0.25, 0.3) is 0 Å². The van der Waals surface area contributed by atoms with E-state index in [1.165, 1.54) is 9.36 Å². The number of aromatic nitrogens is 8. The van der Waals surface area contributed by atoms with Crippen molar-refractivity contribution in [3.63, 3.8) is 0 Å². The van der Waals surface area contributed by atoms with E-state index in [0.717, 1.165) is 50.2 Å². The first-order chi connectivity index (χ1) is 26.3. The number of benzene rings is 2. The molecule has 1 aliphatic carbocycles. The number of anilines is 1. The fraction of sp³-hybridized carbons (Fsp3) is 0.486. The van der Waals surface area contributed by atoms with E-state index in [4.69, 9.17) is 13.9 Å². The molecule has 2 bridgehead atoms. The van der Waals surface area contributed by atoms with E-state index < -0.39 is 46.6 Å². The Labute approximate surface area is 323 Å². The molecule has 0 N–H and O–H groups in total. The molecule has 2 aliphatic rings. The molecular formula is C35H36BrF8N9O3. The summed E-state index contributed by atoms with van der Waals surface area (Å²) in [4.78, 5) is 10.4. The standard InChI is InChI=1S/C23H26F4N6O2.C12H10BrF4N3O/c1-12(2)33-21(35-18-6-4-5-17(20(18)24)23(25,26)27)28-19(31-33)9-16-14-7-8-15(16)11-32(10-14)22-30-29-13(3)34-22;1-6(2)20-11(18-10(13)19-20)21-8-5-3-4-7(9(8)14)12(15,16)17/h4-6,12,14-16H,7-11H2,1-3H3;3-6H,1-2H3/t14-,15+,16?;. The lowest BCUT2D eigenvalue weighted by atomic mass is 9.82. The molecule has 3 aromatic heterocycles. The van der Waals surface area contributed by atoms with E-state index in [1.54, 1.807) is 20.8 Å². The summed E-state index contributed by atoms with van der Waals surface area (Å²) in [6.07, 6.45) is -6.87. The lowest BCUT2D eigenvalue weighted by Crippen LogP contribution is -2.43. The molecule has 56 heavy (non-hydrogen) atoms. The molecule has 2 fully saturated rings. The predicted molar refractivity (Wildman–Crippen MR) is 186 cm³/mol. The molecule has 4 heterocycles. The molecule has 1 aliphatic heterocycles. The number of rotatable bonds is 9. The highest BCUT2D eigenvalue weighted by Gasteiger charge is 2.44. The van der Waals surface area contributed by atoms with Gasteiger partial charge in [-0.15, -0.1) is 10.2 Å². The summed E-state index contributed by atoms with van der Waals surface area (Å²) in [5.74, 6) is -1.85. The lowest BCUT2D eigenvalue weighted by Gasteiger charge is -2.36. The molecule has 3 atom stereocenters. The molecule has 21 heteroatoms. The van der Waals surface area contributed by atoms with Gasteiger partial charge in [0.1, 0.15) is 0 Å². The maximum absolute atomic E-state index is 14.5. The van der Waals surface area contributed by atoms with Crippen LogP contribution in [0.1, 0.15) is 75.5 Å². The van der Waals surface area contributed by atoms with Crippen molar-refractivity contribution < 1.29 is 49.0 Å².